The molecular weight excluding hydrogens is 238 g/mol. The second-order valence-electron chi connectivity index (χ2n) is 4.71. The van der Waals surface area contributed by atoms with Gasteiger partial charge in [-0.25, -0.2) is 0 Å². The van der Waals surface area contributed by atoms with Gasteiger partial charge < -0.3 is 10.4 Å². The van der Waals surface area contributed by atoms with Crippen LogP contribution in [0.2, 0.25) is 0 Å². The molecule has 0 saturated carbocycles. The molecule has 3 rings (SSSR count). The number of benzene rings is 2. The van der Waals surface area contributed by atoms with Gasteiger partial charge >= 0.3 is 0 Å². The summed E-state index contributed by atoms with van der Waals surface area (Å²) in [4.78, 5) is 12.5. The molecule has 3 nitrogen and oxygen atoms in total. The maximum Gasteiger partial charge on any atom is 0.193 e. The van der Waals surface area contributed by atoms with Gasteiger partial charge in [0.05, 0.1) is 5.69 Å². The number of phenols is 1. The lowest BCUT2D eigenvalue weighted by Crippen LogP contribution is -2.16. The van der Waals surface area contributed by atoms with E-state index in [9.17, 15) is 9.90 Å². The van der Waals surface area contributed by atoms with Gasteiger partial charge in [0.1, 0.15) is 5.75 Å². The number of hydrogen-bond acceptors (Lipinski definition) is 3. The Kier molecular flexibility index (Phi) is 2.95. The number of anilines is 1. The molecule has 2 N–H and O–H groups in total. The summed E-state index contributed by atoms with van der Waals surface area (Å²) in [6, 6.07) is 12.6. The van der Waals surface area contributed by atoms with E-state index in [0.717, 1.165) is 24.9 Å². The van der Waals surface area contributed by atoms with E-state index in [-0.39, 0.29) is 11.5 Å². The van der Waals surface area contributed by atoms with E-state index in [1.54, 1.807) is 12.1 Å². The maximum absolute atomic E-state index is 12.5. The second-order valence-corrected chi connectivity index (χ2v) is 4.71. The molecule has 96 valence electrons. The summed E-state index contributed by atoms with van der Waals surface area (Å²) in [5.41, 5.74) is 3.01. The molecule has 0 spiro atoms. The Morgan fingerprint density at radius 1 is 1.11 bits per heavy atom. The van der Waals surface area contributed by atoms with Crippen LogP contribution in [0.4, 0.5) is 5.69 Å². The Labute approximate surface area is 111 Å². The molecule has 0 bridgehead atoms. The monoisotopic (exact) mass is 253 g/mol. The first-order valence-corrected chi connectivity index (χ1v) is 6.46. The molecule has 19 heavy (non-hydrogen) atoms. The fourth-order valence-electron chi connectivity index (χ4n) is 2.53. The minimum atomic E-state index is 0.0144. The maximum atomic E-state index is 12.5. The van der Waals surface area contributed by atoms with E-state index in [0.29, 0.717) is 16.8 Å². The van der Waals surface area contributed by atoms with Crippen LogP contribution in [-0.2, 0) is 6.42 Å². The van der Waals surface area contributed by atoms with Gasteiger partial charge in [0.15, 0.2) is 5.78 Å². The number of fused-ring (bicyclic) bond motifs is 1. The topological polar surface area (TPSA) is 49.3 Å². The number of carbonyl (C=O) groups is 1. The average Bonchev–Trinajstić information content (AvgIpc) is 2.48. The van der Waals surface area contributed by atoms with E-state index in [2.05, 4.69) is 5.32 Å². The molecule has 1 aliphatic heterocycles. The highest BCUT2D eigenvalue weighted by molar-refractivity contribution is 6.11. The third-order valence-electron chi connectivity index (χ3n) is 3.48. The molecule has 1 aliphatic rings. The molecule has 0 saturated heterocycles. The van der Waals surface area contributed by atoms with Crippen LogP contribution in [0.3, 0.4) is 0 Å². The molecule has 0 radical (unpaired) electrons. The minimum absolute atomic E-state index is 0.0144. The summed E-state index contributed by atoms with van der Waals surface area (Å²) in [6.45, 7) is 0.837. The predicted molar refractivity (Wildman–Crippen MR) is 74.8 cm³/mol. The van der Waals surface area contributed by atoms with Crippen LogP contribution in [0.15, 0.2) is 42.5 Å². The van der Waals surface area contributed by atoms with E-state index in [4.69, 9.17) is 0 Å². The zero-order valence-electron chi connectivity index (χ0n) is 10.5. The van der Waals surface area contributed by atoms with Crippen LogP contribution in [0.25, 0.3) is 0 Å². The van der Waals surface area contributed by atoms with Crippen molar-refractivity contribution in [2.45, 2.75) is 12.8 Å². The number of nitrogens with one attached hydrogen (secondary N) is 1. The van der Waals surface area contributed by atoms with Crippen molar-refractivity contribution in [1.29, 1.82) is 0 Å². The predicted octanol–water partition coefficient (Wildman–Crippen LogP) is 2.98. The van der Waals surface area contributed by atoms with E-state index < -0.39 is 0 Å². The van der Waals surface area contributed by atoms with Gasteiger partial charge in [-0.2, -0.15) is 0 Å². The van der Waals surface area contributed by atoms with Crippen molar-refractivity contribution in [3.63, 3.8) is 0 Å². The van der Waals surface area contributed by atoms with Crippen LogP contribution < -0.4 is 5.32 Å². The molecule has 2 aromatic rings. The first kappa shape index (κ1) is 11.8. The van der Waals surface area contributed by atoms with Gasteiger partial charge in [0.25, 0.3) is 0 Å². The highest BCUT2D eigenvalue weighted by Crippen LogP contribution is 2.34. The van der Waals surface area contributed by atoms with Crippen molar-refractivity contribution in [2.24, 2.45) is 0 Å². The van der Waals surface area contributed by atoms with E-state index in [1.165, 1.54) is 0 Å². The number of phenolic OH excluding ortho intramolecular Hbond substituents is 1. The van der Waals surface area contributed by atoms with Crippen LogP contribution in [0, 0.1) is 0 Å². The zero-order valence-corrected chi connectivity index (χ0v) is 10.5. The lowest BCUT2D eigenvalue weighted by atomic mass is 9.92. The third kappa shape index (κ3) is 2.08. The van der Waals surface area contributed by atoms with E-state index in [1.807, 2.05) is 30.3 Å². The smallest absolute Gasteiger partial charge is 0.193 e. The van der Waals surface area contributed by atoms with Crippen LogP contribution in [-0.4, -0.2) is 17.4 Å². The summed E-state index contributed by atoms with van der Waals surface area (Å²) >= 11 is 0. The summed E-state index contributed by atoms with van der Waals surface area (Å²) in [5.74, 6) is 0.236. The lowest BCUT2D eigenvalue weighted by Gasteiger charge is -2.21. The molecule has 0 fully saturated rings. The highest BCUT2D eigenvalue weighted by atomic mass is 16.3. The molecule has 0 aromatic heterocycles. The fourth-order valence-corrected chi connectivity index (χ4v) is 2.53. The van der Waals surface area contributed by atoms with Crippen LogP contribution >= 0.6 is 0 Å². The van der Waals surface area contributed by atoms with Crippen molar-refractivity contribution in [1.82, 2.24) is 0 Å². The number of carbonyl (C=O) groups excluding carboxylic acids is 1. The summed E-state index contributed by atoms with van der Waals surface area (Å²) in [5, 5.41) is 13.0. The van der Waals surface area contributed by atoms with Gasteiger partial charge in [-0.05, 0) is 30.5 Å². The molecular formula is C16H15NO2. The average molecular weight is 253 g/mol. The van der Waals surface area contributed by atoms with Crippen molar-refractivity contribution >= 4 is 11.5 Å². The highest BCUT2D eigenvalue weighted by Gasteiger charge is 2.21. The first-order valence-electron chi connectivity index (χ1n) is 6.46. The molecule has 0 atom stereocenters. The number of hydrogen-bond donors (Lipinski definition) is 2. The first-order chi connectivity index (χ1) is 9.27. The number of ketones is 1. The Balaban J connectivity index is 2.09. The van der Waals surface area contributed by atoms with Crippen molar-refractivity contribution in [3.8, 4) is 5.75 Å². The van der Waals surface area contributed by atoms with Crippen molar-refractivity contribution < 1.29 is 9.90 Å². The van der Waals surface area contributed by atoms with Gasteiger partial charge in [-0.1, -0.05) is 30.3 Å². The quantitative estimate of drug-likeness (QED) is 0.639. The molecule has 2 aromatic carbocycles. The largest absolute Gasteiger partial charge is 0.506 e. The molecule has 1 heterocycles. The SMILES string of the molecule is O=C(c1ccccc1)c1ccc(O)c2c1CCCN2. The Bertz CT molecular complexity index is 620. The Hall–Kier alpha value is -2.29. The van der Waals surface area contributed by atoms with Gasteiger partial charge in [-0.15, -0.1) is 0 Å². The zero-order chi connectivity index (χ0) is 13.2. The Morgan fingerprint density at radius 2 is 1.89 bits per heavy atom. The van der Waals surface area contributed by atoms with Crippen molar-refractivity contribution in [2.75, 3.05) is 11.9 Å². The third-order valence-corrected chi connectivity index (χ3v) is 3.48. The fraction of sp³-hybridized carbons (Fsp3) is 0.188. The van der Waals surface area contributed by atoms with Crippen LogP contribution in [0.5, 0.6) is 5.75 Å². The summed E-state index contributed by atoms with van der Waals surface area (Å²) < 4.78 is 0. The van der Waals surface area contributed by atoms with E-state index >= 15 is 0 Å². The van der Waals surface area contributed by atoms with Crippen molar-refractivity contribution in [3.05, 3.63) is 59.2 Å². The standard InChI is InChI=1S/C16H15NO2/c18-14-9-8-13(12-7-4-10-17-15(12)14)16(19)11-5-2-1-3-6-11/h1-3,5-6,8-9,17-18H,4,7,10H2. The number of rotatable bonds is 2. The summed E-state index contributed by atoms with van der Waals surface area (Å²) in [7, 11) is 0. The number of aromatic hydroxyl groups is 1. The second kappa shape index (κ2) is 4.76. The van der Waals surface area contributed by atoms with Crippen LogP contribution in [0.1, 0.15) is 27.9 Å². The van der Waals surface area contributed by atoms with Gasteiger partial charge in [-0.3, -0.25) is 4.79 Å². The Morgan fingerprint density at radius 3 is 2.68 bits per heavy atom. The van der Waals surface area contributed by atoms with Gasteiger partial charge in [0.2, 0.25) is 0 Å². The minimum Gasteiger partial charge on any atom is -0.506 e. The summed E-state index contributed by atoms with van der Waals surface area (Å²) in [6.07, 6.45) is 1.80. The van der Waals surface area contributed by atoms with Gasteiger partial charge in [0, 0.05) is 17.7 Å². The molecule has 3 heteroatoms. The lowest BCUT2D eigenvalue weighted by molar-refractivity contribution is 0.103. The normalized spacial score (nSPS) is 13.5. The molecule has 0 amide bonds. The molecule has 0 unspecified atom stereocenters. The molecule has 0 aliphatic carbocycles.